The monoisotopic (exact) mass is 387 g/mol. The Hall–Kier alpha value is -2.64. The Morgan fingerprint density at radius 1 is 1.33 bits per heavy atom. The molecule has 27 heavy (non-hydrogen) atoms. The Bertz CT molecular complexity index is 950. The van der Waals surface area contributed by atoms with Gasteiger partial charge in [-0.1, -0.05) is 35.9 Å². The molecule has 2 aliphatic heterocycles. The van der Waals surface area contributed by atoms with E-state index in [0.717, 1.165) is 0 Å². The first-order valence-corrected chi connectivity index (χ1v) is 8.88. The summed E-state index contributed by atoms with van der Waals surface area (Å²) in [6.45, 7) is 0.357. The second-order valence-corrected chi connectivity index (χ2v) is 7.28. The number of halogens is 1. The van der Waals surface area contributed by atoms with Gasteiger partial charge >= 0.3 is 0 Å². The normalized spacial score (nSPS) is 26.9. The highest BCUT2D eigenvalue weighted by molar-refractivity contribution is 6.32. The van der Waals surface area contributed by atoms with Crippen LogP contribution < -0.4 is 10.1 Å². The Morgan fingerprint density at radius 3 is 2.74 bits per heavy atom. The second kappa shape index (κ2) is 6.21. The number of hydrogen-bond donors (Lipinski definition) is 1. The first-order chi connectivity index (χ1) is 12.9. The molecule has 0 bridgehead atoms. The van der Waals surface area contributed by atoms with Crippen LogP contribution in [0.1, 0.15) is 17.0 Å². The van der Waals surface area contributed by atoms with Crippen molar-refractivity contribution in [1.29, 1.82) is 0 Å². The fourth-order valence-electron chi connectivity index (χ4n) is 4.49. The van der Waals surface area contributed by atoms with Crippen molar-refractivity contribution in [1.82, 2.24) is 4.90 Å². The molecule has 7 nitrogen and oxygen atoms in total. The van der Waals surface area contributed by atoms with E-state index in [1.54, 1.807) is 54.4 Å². The molecule has 0 radical (unpaired) electrons. The Balaban J connectivity index is 1.87. The van der Waals surface area contributed by atoms with E-state index < -0.39 is 17.5 Å². The third-order valence-electron chi connectivity index (χ3n) is 5.65. The van der Waals surface area contributed by atoms with Crippen LogP contribution in [-0.2, 0) is 10.3 Å². The number of nitrogens with one attached hydrogen (secondary N) is 1. The number of nitrogens with zero attached hydrogens (tertiary/aromatic N) is 2. The predicted octanol–water partition coefficient (Wildman–Crippen LogP) is 2.87. The van der Waals surface area contributed by atoms with Gasteiger partial charge in [0.1, 0.15) is 5.75 Å². The highest BCUT2D eigenvalue weighted by atomic mass is 35.5. The topological polar surface area (TPSA) is 84.7 Å². The van der Waals surface area contributed by atoms with Gasteiger partial charge in [0.25, 0.3) is 11.9 Å². The van der Waals surface area contributed by atoms with Gasteiger partial charge in [-0.2, -0.15) is 0 Å². The van der Waals surface area contributed by atoms with Crippen molar-refractivity contribution in [3.05, 3.63) is 68.7 Å². The molecule has 1 saturated heterocycles. The smallest absolute Gasteiger partial charge is 0.256 e. The van der Waals surface area contributed by atoms with Gasteiger partial charge < -0.3 is 10.1 Å². The number of likely N-dealkylation sites (N-methyl/N-ethyl adjacent to an activating group) is 1. The van der Waals surface area contributed by atoms with E-state index in [9.17, 15) is 14.9 Å². The number of rotatable bonds is 3. The molecular weight excluding hydrogens is 370 g/mol. The number of hydrogen-bond acceptors (Lipinski definition) is 5. The Labute approximate surface area is 161 Å². The van der Waals surface area contributed by atoms with Crippen molar-refractivity contribution >= 4 is 23.2 Å². The molecule has 0 saturated carbocycles. The summed E-state index contributed by atoms with van der Waals surface area (Å²) in [6, 6.07) is 11.2. The lowest BCUT2D eigenvalue weighted by atomic mass is 9.79. The van der Waals surface area contributed by atoms with Crippen LogP contribution in [0.15, 0.2) is 42.5 Å². The lowest BCUT2D eigenvalue weighted by molar-refractivity contribution is -0.534. The molecule has 1 N–H and O–H groups in total. The molecule has 2 aromatic rings. The first kappa shape index (κ1) is 17.8. The summed E-state index contributed by atoms with van der Waals surface area (Å²) in [4.78, 5) is 26.7. The minimum atomic E-state index is -1.35. The Morgan fingerprint density at radius 2 is 2.07 bits per heavy atom. The zero-order valence-electron chi connectivity index (χ0n) is 14.8. The van der Waals surface area contributed by atoms with E-state index in [0.29, 0.717) is 34.1 Å². The largest absolute Gasteiger partial charge is 0.495 e. The van der Waals surface area contributed by atoms with Gasteiger partial charge in [-0.05, 0) is 30.8 Å². The molecule has 2 heterocycles. The van der Waals surface area contributed by atoms with E-state index in [4.69, 9.17) is 16.3 Å². The molecule has 1 spiro atoms. The lowest BCUT2D eigenvalue weighted by Crippen LogP contribution is -2.54. The maximum absolute atomic E-state index is 13.0. The standard InChI is InChI=1S/C19H18ClN3O4/c1-22-10-12(11-7-8-16(27-2)14(20)9-11)17(23(25)26)19(22)13-5-3-4-6-15(13)21-18(19)24/h3-9,12,17H,10H2,1-2H3,(H,21,24)/t12-,17-,19+/m0/s1. The predicted molar refractivity (Wildman–Crippen MR) is 101 cm³/mol. The number of amides is 1. The number of likely N-dealkylation sites (tertiary alicyclic amines) is 1. The molecule has 1 fully saturated rings. The van der Waals surface area contributed by atoms with Crippen molar-refractivity contribution in [2.75, 3.05) is 26.0 Å². The van der Waals surface area contributed by atoms with Gasteiger partial charge in [-0.15, -0.1) is 0 Å². The van der Waals surface area contributed by atoms with Crippen LogP contribution in [0.4, 0.5) is 5.69 Å². The summed E-state index contributed by atoms with van der Waals surface area (Å²) in [7, 11) is 3.27. The number of nitro groups is 1. The van der Waals surface area contributed by atoms with Gasteiger partial charge in [0, 0.05) is 22.7 Å². The van der Waals surface area contributed by atoms with Gasteiger partial charge in [-0.3, -0.25) is 19.8 Å². The van der Waals surface area contributed by atoms with Gasteiger partial charge in [0.15, 0.2) is 5.54 Å². The number of carbonyl (C=O) groups excluding carboxylic acids is 1. The van der Waals surface area contributed by atoms with E-state index in [2.05, 4.69) is 5.32 Å². The third-order valence-corrected chi connectivity index (χ3v) is 5.94. The first-order valence-electron chi connectivity index (χ1n) is 8.50. The fraction of sp³-hybridized carbons (Fsp3) is 0.316. The van der Waals surface area contributed by atoms with Crippen LogP contribution in [0.3, 0.4) is 0 Å². The summed E-state index contributed by atoms with van der Waals surface area (Å²) in [5.41, 5.74) is 0.622. The fourth-order valence-corrected chi connectivity index (χ4v) is 4.76. The van der Waals surface area contributed by atoms with Crippen LogP contribution in [0.2, 0.25) is 5.02 Å². The van der Waals surface area contributed by atoms with Crippen LogP contribution in [-0.4, -0.2) is 42.5 Å². The molecule has 2 aliphatic rings. The average Bonchev–Trinajstić information content (AvgIpc) is 3.11. The third kappa shape index (κ3) is 2.35. The highest BCUT2D eigenvalue weighted by Gasteiger charge is 2.68. The number of benzene rings is 2. The van der Waals surface area contributed by atoms with Crippen molar-refractivity contribution in [2.24, 2.45) is 0 Å². The quantitative estimate of drug-likeness (QED) is 0.646. The minimum absolute atomic E-state index is 0.339. The SMILES string of the molecule is COc1ccc([C@@H]2CN(C)[C@@]3(C(=O)Nc4ccccc43)[C@H]2[N+](=O)[O-])cc1Cl. The molecule has 140 valence electrons. The van der Waals surface area contributed by atoms with E-state index in [-0.39, 0.29) is 10.8 Å². The summed E-state index contributed by atoms with van der Waals surface area (Å²) in [6.07, 6.45) is 0. The number of fused-ring (bicyclic) bond motifs is 2. The lowest BCUT2D eigenvalue weighted by Gasteiger charge is -2.30. The van der Waals surface area contributed by atoms with E-state index in [1.807, 2.05) is 0 Å². The van der Waals surface area contributed by atoms with Crippen LogP contribution in [0.5, 0.6) is 5.75 Å². The maximum atomic E-state index is 13.0. The van der Waals surface area contributed by atoms with Gasteiger partial charge in [-0.25, -0.2) is 0 Å². The zero-order valence-corrected chi connectivity index (χ0v) is 15.6. The summed E-state index contributed by atoms with van der Waals surface area (Å²) >= 11 is 6.24. The minimum Gasteiger partial charge on any atom is -0.495 e. The number of carbonyl (C=O) groups is 1. The molecule has 2 aromatic carbocycles. The number of ether oxygens (including phenoxy) is 1. The maximum Gasteiger partial charge on any atom is 0.256 e. The summed E-state index contributed by atoms with van der Waals surface area (Å²) in [5, 5.41) is 15.4. The summed E-state index contributed by atoms with van der Waals surface area (Å²) < 4.78 is 5.17. The molecule has 0 unspecified atom stereocenters. The van der Waals surface area contributed by atoms with Crippen LogP contribution in [0, 0.1) is 10.1 Å². The molecule has 8 heteroatoms. The molecule has 3 atom stereocenters. The second-order valence-electron chi connectivity index (χ2n) is 6.88. The van der Waals surface area contributed by atoms with Crippen molar-refractivity contribution < 1.29 is 14.5 Å². The van der Waals surface area contributed by atoms with Crippen LogP contribution in [0.25, 0.3) is 0 Å². The molecule has 1 amide bonds. The van der Waals surface area contributed by atoms with Crippen molar-refractivity contribution in [2.45, 2.75) is 17.5 Å². The molecular formula is C19H18ClN3O4. The van der Waals surface area contributed by atoms with Crippen molar-refractivity contribution in [3.8, 4) is 5.75 Å². The summed E-state index contributed by atoms with van der Waals surface area (Å²) in [5.74, 6) is -0.358. The molecule has 4 rings (SSSR count). The number of methoxy groups -OCH3 is 1. The average molecular weight is 388 g/mol. The van der Waals surface area contributed by atoms with Gasteiger partial charge in [0.2, 0.25) is 0 Å². The van der Waals surface area contributed by atoms with E-state index >= 15 is 0 Å². The van der Waals surface area contributed by atoms with Crippen LogP contribution >= 0.6 is 11.6 Å². The van der Waals surface area contributed by atoms with Crippen molar-refractivity contribution in [3.63, 3.8) is 0 Å². The highest BCUT2D eigenvalue weighted by Crippen LogP contribution is 2.52. The van der Waals surface area contributed by atoms with Gasteiger partial charge in [0.05, 0.1) is 18.1 Å². The Kier molecular flexibility index (Phi) is 4.09. The number of para-hydroxylation sites is 1. The molecule has 0 aromatic heterocycles. The number of anilines is 1. The van der Waals surface area contributed by atoms with E-state index in [1.165, 1.54) is 7.11 Å². The molecule has 0 aliphatic carbocycles. The zero-order chi connectivity index (χ0) is 19.3.